The number of fused-ring (bicyclic) bond motifs is 1. The van der Waals surface area contributed by atoms with Crippen molar-refractivity contribution in [3.63, 3.8) is 0 Å². The highest BCUT2D eigenvalue weighted by molar-refractivity contribution is 6.02. The lowest BCUT2D eigenvalue weighted by molar-refractivity contribution is -0.135. The highest BCUT2D eigenvalue weighted by Crippen LogP contribution is 2.38. The van der Waals surface area contributed by atoms with Gasteiger partial charge in [-0.3, -0.25) is 9.36 Å². The first-order chi connectivity index (χ1) is 17.4. The van der Waals surface area contributed by atoms with Gasteiger partial charge in [-0.25, -0.2) is 19.3 Å². The van der Waals surface area contributed by atoms with E-state index in [-0.39, 0.29) is 23.7 Å². The van der Waals surface area contributed by atoms with E-state index in [4.69, 9.17) is 0 Å². The molecule has 1 aliphatic heterocycles. The van der Waals surface area contributed by atoms with Crippen LogP contribution in [0, 0.1) is 23.1 Å². The summed E-state index contributed by atoms with van der Waals surface area (Å²) in [5, 5.41) is 10.1. The molecule has 1 fully saturated rings. The molecule has 9 heteroatoms. The third kappa shape index (κ3) is 4.05. The molecule has 8 nitrogen and oxygen atoms in total. The summed E-state index contributed by atoms with van der Waals surface area (Å²) in [6.07, 6.45) is 4.86. The van der Waals surface area contributed by atoms with Crippen LogP contribution in [0.25, 0.3) is 28.0 Å². The molecule has 36 heavy (non-hydrogen) atoms. The van der Waals surface area contributed by atoms with Gasteiger partial charge < -0.3 is 9.80 Å². The van der Waals surface area contributed by atoms with Crippen molar-refractivity contribution >= 4 is 22.8 Å². The van der Waals surface area contributed by atoms with E-state index in [1.807, 2.05) is 18.7 Å². The van der Waals surface area contributed by atoms with Crippen molar-refractivity contribution in [2.24, 2.45) is 5.92 Å². The Kier molecular flexibility index (Phi) is 6.10. The van der Waals surface area contributed by atoms with Crippen LogP contribution in [0.15, 0.2) is 55.1 Å². The molecular formula is C27H26FN7O. The van der Waals surface area contributed by atoms with Crippen LogP contribution in [0.3, 0.4) is 0 Å². The van der Waals surface area contributed by atoms with Gasteiger partial charge in [0.2, 0.25) is 5.91 Å². The Morgan fingerprint density at radius 2 is 1.94 bits per heavy atom. The molecule has 5 rings (SSSR count). The van der Waals surface area contributed by atoms with E-state index in [0.29, 0.717) is 59.0 Å². The van der Waals surface area contributed by atoms with E-state index in [9.17, 15) is 10.1 Å². The van der Waals surface area contributed by atoms with Crippen LogP contribution in [-0.4, -0.2) is 56.0 Å². The number of nitriles is 1. The molecule has 0 spiro atoms. The number of hydrogen-bond acceptors (Lipinski definition) is 6. The van der Waals surface area contributed by atoms with E-state index in [1.165, 1.54) is 12.4 Å². The monoisotopic (exact) mass is 483 g/mol. The number of aromatic nitrogens is 4. The number of nitrogens with zero attached hydrogens (tertiary/aromatic N) is 7. The van der Waals surface area contributed by atoms with Gasteiger partial charge in [-0.05, 0) is 25.1 Å². The van der Waals surface area contributed by atoms with Gasteiger partial charge in [0.1, 0.15) is 23.8 Å². The molecule has 0 saturated carbocycles. The minimum Gasteiger partial charge on any atom is -0.350 e. The zero-order valence-corrected chi connectivity index (χ0v) is 20.4. The minimum atomic E-state index is -0.356. The van der Waals surface area contributed by atoms with Gasteiger partial charge in [0.25, 0.3) is 0 Å². The minimum absolute atomic E-state index is 0.00332. The van der Waals surface area contributed by atoms with Crippen LogP contribution in [-0.2, 0) is 4.79 Å². The standard InChI is InChI=1S/C27H26FN7O/c1-17(2)27(36)33-10-11-34(18(3)14-33)25-24-21(20-6-4-5-7-22(20)28)15-35(26(24)32-16-31-25)23-12-19(13-29)8-9-30-23/h4-9,12,15-18H,10-11,14H2,1-3H3/t18-/m1/s1. The van der Waals surface area contributed by atoms with Gasteiger partial charge >= 0.3 is 0 Å². The Hall–Kier alpha value is -4.32. The maximum atomic E-state index is 15.0. The van der Waals surface area contributed by atoms with E-state index in [2.05, 4.69) is 32.8 Å². The molecule has 1 atom stereocenters. The van der Waals surface area contributed by atoms with Crippen molar-refractivity contribution < 1.29 is 9.18 Å². The van der Waals surface area contributed by atoms with Gasteiger partial charge in [-0.15, -0.1) is 0 Å². The summed E-state index contributed by atoms with van der Waals surface area (Å²) in [5.74, 6) is 0.901. The van der Waals surface area contributed by atoms with Gasteiger partial charge in [-0.2, -0.15) is 5.26 Å². The fourth-order valence-electron chi connectivity index (χ4n) is 4.78. The summed E-state index contributed by atoms with van der Waals surface area (Å²) in [4.78, 5) is 30.3. The van der Waals surface area contributed by atoms with E-state index in [0.717, 1.165) is 0 Å². The van der Waals surface area contributed by atoms with E-state index < -0.39 is 0 Å². The first kappa shape index (κ1) is 23.4. The maximum absolute atomic E-state index is 15.0. The second kappa shape index (κ2) is 9.38. The fourth-order valence-corrected chi connectivity index (χ4v) is 4.78. The number of carbonyl (C=O) groups excluding carboxylic acids is 1. The molecular weight excluding hydrogens is 457 g/mol. The van der Waals surface area contributed by atoms with Crippen LogP contribution in [0.1, 0.15) is 26.3 Å². The van der Waals surface area contributed by atoms with Crippen LogP contribution in [0.4, 0.5) is 10.2 Å². The largest absolute Gasteiger partial charge is 0.350 e. The molecule has 1 aromatic carbocycles. The number of hydrogen-bond donors (Lipinski definition) is 0. The van der Waals surface area contributed by atoms with Gasteiger partial charge in [-0.1, -0.05) is 32.0 Å². The molecule has 1 aliphatic rings. The van der Waals surface area contributed by atoms with Crippen molar-refractivity contribution in [3.05, 3.63) is 66.5 Å². The number of anilines is 1. The lowest BCUT2D eigenvalue weighted by atomic mass is 10.0. The van der Waals surface area contributed by atoms with Crippen LogP contribution in [0.5, 0.6) is 0 Å². The van der Waals surface area contributed by atoms with E-state index >= 15 is 4.39 Å². The first-order valence-electron chi connectivity index (χ1n) is 11.9. The maximum Gasteiger partial charge on any atom is 0.225 e. The number of amides is 1. The number of benzene rings is 1. The second-order valence-corrected chi connectivity index (χ2v) is 9.28. The summed E-state index contributed by atoms with van der Waals surface area (Å²) >= 11 is 0. The molecule has 0 bridgehead atoms. The number of halogens is 1. The molecule has 4 heterocycles. The Morgan fingerprint density at radius 1 is 1.14 bits per heavy atom. The molecule has 182 valence electrons. The van der Waals surface area contributed by atoms with Crippen LogP contribution < -0.4 is 4.90 Å². The smallest absolute Gasteiger partial charge is 0.225 e. The van der Waals surface area contributed by atoms with Crippen molar-refractivity contribution in [1.29, 1.82) is 5.26 Å². The number of carbonyl (C=O) groups is 1. The molecule has 1 saturated heterocycles. The molecule has 1 amide bonds. The summed E-state index contributed by atoms with van der Waals surface area (Å²) in [5.41, 5.74) is 2.09. The van der Waals surface area contributed by atoms with Gasteiger partial charge in [0, 0.05) is 55.1 Å². The molecule has 3 aromatic heterocycles. The zero-order chi connectivity index (χ0) is 25.4. The average molecular weight is 484 g/mol. The normalized spacial score (nSPS) is 15.9. The Bertz CT molecular complexity index is 1490. The second-order valence-electron chi connectivity index (χ2n) is 9.28. The topological polar surface area (TPSA) is 90.9 Å². The number of pyridine rings is 1. The molecule has 0 unspecified atom stereocenters. The third-order valence-corrected chi connectivity index (χ3v) is 6.55. The highest BCUT2D eigenvalue weighted by Gasteiger charge is 2.31. The average Bonchev–Trinajstić information content (AvgIpc) is 3.28. The van der Waals surface area contributed by atoms with Crippen LogP contribution >= 0.6 is 0 Å². The quantitative estimate of drug-likeness (QED) is 0.432. The fraction of sp³-hybridized carbons (Fsp3) is 0.296. The molecule has 0 N–H and O–H groups in total. The zero-order valence-electron chi connectivity index (χ0n) is 20.4. The predicted molar refractivity (Wildman–Crippen MR) is 135 cm³/mol. The summed E-state index contributed by atoms with van der Waals surface area (Å²) in [7, 11) is 0. The SMILES string of the molecule is CC(C)C(=O)N1CCN(c2ncnc3c2c(-c2ccccc2F)cn3-c2cc(C#N)ccn2)[C@H](C)C1. The van der Waals surface area contributed by atoms with Crippen molar-refractivity contribution in [3.8, 4) is 23.0 Å². The van der Waals surface area contributed by atoms with Gasteiger partial charge in [0.05, 0.1) is 17.0 Å². The third-order valence-electron chi connectivity index (χ3n) is 6.55. The number of rotatable bonds is 4. The Labute approximate surface area is 208 Å². The van der Waals surface area contributed by atoms with Crippen molar-refractivity contribution in [1.82, 2.24) is 24.4 Å². The lowest BCUT2D eigenvalue weighted by Gasteiger charge is -2.41. The summed E-state index contributed by atoms with van der Waals surface area (Å²) in [6, 6.07) is 12.0. The summed E-state index contributed by atoms with van der Waals surface area (Å²) < 4.78 is 16.8. The molecule has 4 aromatic rings. The van der Waals surface area contributed by atoms with Gasteiger partial charge in [0.15, 0.2) is 5.65 Å². The van der Waals surface area contributed by atoms with Crippen LogP contribution in [0.2, 0.25) is 0 Å². The van der Waals surface area contributed by atoms with Crippen molar-refractivity contribution in [2.45, 2.75) is 26.8 Å². The first-order valence-corrected chi connectivity index (χ1v) is 11.9. The Balaban J connectivity index is 1.68. The number of piperazine rings is 1. The van der Waals surface area contributed by atoms with E-state index in [1.54, 1.807) is 47.3 Å². The lowest BCUT2D eigenvalue weighted by Crippen LogP contribution is -2.54. The van der Waals surface area contributed by atoms with Crippen molar-refractivity contribution in [2.75, 3.05) is 24.5 Å². The Morgan fingerprint density at radius 3 is 2.67 bits per heavy atom. The summed E-state index contributed by atoms with van der Waals surface area (Å²) in [6.45, 7) is 7.62. The molecule has 0 radical (unpaired) electrons. The predicted octanol–water partition coefficient (Wildman–Crippen LogP) is 4.19. The molecule has 0 aliphatic carbocycles. The highest BCUT2D eigenvalue weighted by atomic mass is 19.1.